The van der Waals surface area contributed by atoms with Crippen molar-refractivity contribution in [2.75, 3.05) is 0 Å². The van der Waals surface area contributed by atoms with Gasteiger partial charge in [-0.2, -0.15) is 0 Å². The zero-order valence-corrected chi connectivity index (χ0v) is 3.15. The van der Waals surface area contributed by atoms with E-state index in [0.29, 0.717) is 12.2 Å². The predicted molar refractivity (Wildman–Crippen MR) is 29.7 cm³/mol. The van der Waals surface area contributed by atoms with Gasteiger partial charge in [-0.3, -0.25) is 0 Å². The first-order valence-corrected chi connectivity index (χ1v) is 1.41. The van der Waals surface area contributed by atoms with Gasteiger partial charge in [-0.25, -0.2) is 0 Å². The normalized spacial score (nSPS) is 44.0. The molecular weight excluding hydrogens is 72.1 g/mol. The molecule has 6 heavy (non-hydrogen) atoms. The van der Waals surface area contributed by atoms with Gasteiger partial charge in [0.15, 0.2) is 0 Å². The summed E-state index contributed by atoms with van der Waals surface area (Å²) < 4.78 is 69.6. The summed E-state index contributed by atoms with van der Waals surface area (Å²) in [5.74, 6) is 0. The molecule has 0 fully saturated rings. The Morgan fingerprint density at radius 2 is 2.00 bits per heavy atom. The van der Waals surface area contributed by atoms with Crippen LogP contribution in [0.2, 0.25) is 0 Å². The molecule has 0 atom stereocenters. The molecule has 0 unspecified atom stereocenters. The molecular formula is C6H12. The van der Waals surface area contributed by atoms with E-state index < -0.39 is 26.4 Å². The topological polar surface area (TPSA) is 0 Å². The lowest BCUT2D eigenvalue weighted by atomic mass is 10.4. The fourth-order valence-corrected chi connectivity index (χ4v) is 0.0833. The second kappa shape index (κ2) is 4.74. The van der Waals surface area contributed by atoms with Gasteiger partial charge in [0, 0.05) is 13.7 Å². The molecule has 0 aromatic heterocycles. The summed E-state index contributed by atoms with van der Waals surface area (Å²) in [6.45, 7) is -5.93. The molecule has 0 aliphatic heterocycles. The van der Waals surface area contributed by atoms with Crippen molar-refractivity contribution in [2.24, 2.45) is 0 Å². The maximum atomic E-state index is 7.13. The standard InChI is InChI=1S/C6H12/c1-3-5-6-4-2/h5-6H,3-4H2,1-2H3/b6-5+/i1D3,2D3,3D2,4D2. The minimum absolute atomic E-state index is 0.437. The second-order valence-electron chi connectivity index (χ2n) is 0.622. The van der Waals surface area contributed by atoms with E-state index in [2.05, 4.69) is 0 Å². The molecule has 0 bridgehead atoms. The smallest absolute Gasteiger partial charge is 0.0307 e. The van der Waals surface area contributed by atoms with Gasteiger partial charge in [0.2, 0.25) is 0 Å². The molecule has 0 aromatic carbocycles. The molecule has 0 nitrogen and oxygen atoms in total. The van der Waals surface area contributed by atoms with E-state index >= 15 is 0 Å². The Hall–Kier alpha value is -0.260. The Labute approximate surface area is 53.9 Å². The molecule has 0 radical (unpaired) electrons. The summed E-state index contributed by atoms with van der Waals surface area (Å²) in [6.07, 6.45) is -4.64. The monoisotopic (exact) mass is 94.2 g/mol. The third kappa shape index (κ3) is 3.74. The highest BCUT2D eigenvalue weighted by atomic mass is 13.7. The summed E-state index contributed by atoms with van der Waals surface area (Å²) in [6, 6.07) is 0. The van der Waals surface area contributed by atoms with Crippen LogP contribution in [0.5, 0.6) is 0 Å². The van der Waals surface area contributed by atoms with Crippen LogP contribution >= 0.6 is 0 Å². The van der Waals surface area contributed by atoms with Gasteiger partial charge in [0.1, 0.15) is 0 Å². The van der Waals surface area contributed by atoms with E-state index in [4.69, 9.17) is 13.7 Å². The van der Waals surface area contributed by atoms with Crippen LogP contribution in [-0.4, -0.2) is 0 Å². The van der Waals surface area contributed by atoms with Crippen molar-refractivity contribution < 1.29 is 13.7 Å². The Morgan fingerprint density at radius 3 is 2.33 bits per heavy atom. The van der Waals surface area contributed by atoms with Crippen LogP contribution in [-0.2, 0) is 0 Å². The minimum atomic E-state index is -2.96. The first kappa shape index (κ1) is 0.594. The highest BCUT2D eigenvalue weighted by Gasteiger charge is 1.60. The van der Waals surface area contributed by atoms with Gasteiger partial charge in [-0.05, 0) is 12.7 Å². The average Bonchev–Trinajstić information content (AvgIpc) is 1.97. The third-order valence-electron chi connectivity index (χ3n) is 0.250. The largest absolute Gasteiger partial charge is 0.0888 e. The quantitative estimate of drug-likeness (QED) is 0.461. The van der Waals surface area contributed by atoms with E-state index in [1.807, 2.05) is 0 Å². The molecule has 0 saturated heterocycles. The maximum absolute atomic E-state index is 7.13. The van der Waals surface area contributed by atoms with Crippen molar-refractivity contribution in [1.29, 1.82) is 0 Å². The van der Waals surface area contributed by atoms with Gasteiger partial charge in [-0.1, -0.05) is 25.9 Å². The van der Waals surface area contributed by atoms with Crippen molar-refractivity contribution in [3.8, 4) is 0 Å². The summed E-state index contributed by atoms with van der Waals surface area (Å²) in [7, 11) is 0. The summed E-state index contributed by atoms with van der Waals surface area (Å²) in [5.41, 5.74) is 0. The Bertz CT molecular complexity index is 238. The van der Waals surface area contributed by atoms with E-state index in [0.717, 1.165) is 0 Å². The molecule has 0 aliphatic carbocycles. The van der Waals surface area contributed by atoms with Gasteiger partial charge >= 0.3 is 0 Å². The number of hydrogen-bond acceptors (Lipinski definition) is 0. The van der Waals surface area contributed by atoms with E-state index in [1.165, 1.54) is 0 Å². The van der Waals surface area contributed by atoms with Crippen LogP contribution in [0.4, 0.5) is 0 Å². The van der Waals surface area contributed by atoms with Gasteiger partial charge < -0.3 is 0 Å². The van der Waals surface area contributed by atoms with Crippen LogP contribution < -0.4 is 0 Å². The van der Waals surface area contributed by atoms with Crippen molar-refractivity contribution in [1.82, 2.24) is 0 Å². The molecule has 0 spiro atoms. The first-order valence-electron chi connectivity index (χ1n) is 6.41. The zero-order chi connectivity index (χ0) is 13.4. The molecule has 0 aromatic rings. The predicted octanol–water partition coefficient (Wildman–Crippen LogP) is 2.36. The van der Waals surface area contributed by atoms with Gasteiger partial charge in [-0.15, -0.1) is 0 Å². The molecule has 0 amide bonds. The van der Waals surface area contributed by atoms with Crippen molar-refractivity contribution in [3.05, 3.63) is 12.2 Å². The molecule has 0 heterocycles. The molecule has 0 N–H and O–H groups in total. The van der Waals surface area contributed by atoms with Gasteiger partial charge in [0.25, 0.3) is 0 Å². The fraction of sp³-hybridized carbons (Fsp3) is 0.667. The lowest BCUT2D eigenvalue weighted by Gasteiger charge is -1.72. The molecule has 0 aliphatic rings. The molecule has 0 heteroatoms. The highest BCUT2D eigenvalue weighted by Crippen LogP contribution is 1.81. The average molecular weight is 94.2 g/mol. The Kier molecular flexibility index (Phi) is 0.469. The minimum Gasteiger partial charge on any atom is -0.0888 e. The summed E-state index contributed by atoms with van der Waals surface area (Å²) in [5, 5.41) is 0. The summed E-state index contributed by atoms with van der Waals surface area (Å²) >= 11 is 0. The van der Waals surface area contributed by atoms with Crippen LogP contribution in [0.3, 0.4) is 0 Å². The maximum Gasteiger partial charge on any atom is 0.0307 e. The van der Waals surface area contributed by atoms with Crippen molar-refractivity contribution in [3.63, 3.8) is 0 Å². The third-order valence-corrected chi connectivity index (χ3v) is 0.250. The van der Waals surface area contributed by atoms with Crippen LogP contribution in [0.15, 0.2) is 12.2 Å². The van der Waals surface area contributed by atoms with E-state index in [1.54, 1.807) is 0 Å². The number of hydrogen-bond donors (Lipinski definition) is 0. The first-order chi connectivity index (χ1) is 6.71. The lowest BCUT2D eigenvalue weighted by Crippen LogP contribution is -1.51. The SMILES string of the molecule is [2H]C([2H])([2H])C([2H])([2H])/C=C/C([2H])([2H])C([2H])([2H])[2H]. The molecule has 0 saturated carbocycles. The van der Waals surface area contributed by atoms with Crippen molar-refractivity contribution in [2.45, 2.75) is 26.4 Å². The molecule has 36 valence electrons. The van der Waals surface area contributed by atoms with Crippen LogP contribution in [0.1, 0.15) is 40.2 Å². The fourth-order valence-electron chi connectivity index (χ4n) is 0.0833. The van der Waals surface area contributed by atoms with E-state index in [-0.39, 0.29) is 0 Å². The van der Waals surface area contributed by atoms with Crippen LogP contribution in [0, 0.1) is 0 Å². The van der Waals surface area contributed by atoms with Crippen LogP contribution in [0.25, 0.3) is 0 Å². The second-order valence-corrected chi connectivity index (χ2v) is 0.622. The summed E-state index contributed by atoms with van der Waals surface area (Å²) in [4.78, 5) is 0. The van der Waals surface area contributed by atoms with Crippen molar-refractivity contribution >= 4 is 0 Å². The number of allylic oxidation sites excluding steroid dienone is 2. The van der Waals surface area contributed by atoms with Gasteiger partial charge in [0.05, 0.1) is 0 Å². The van der Waals surface area contributed by atoms with E-state index in [9.17, 15) is 0 Å². The lowest BCUT2D eigenvalue weighted by molar-refractivity contribution is 1.16. The Morgan fingerprint density at radius 1 is 1.50 bits per heavy atom. The Balaban J connectivity index is 5.01. The zero-order valence-electron chi connectivity index (χ0n) is 13.2. The number of rotatable bonds is 2. The molecule has 0 rings (SSSR count). The highest BCUT2D eigenvalue weighted by molar-refractivity contribution is 4.77.